The number of nitrogens with zero attached hydrogens (tertiary/aromatic N) is 1. The maximum absolute atomic E-state index is 11.9. The number of aromatic nitrogens is 1. The summed E-state index contributed by atoms with van der Waals surface area (Å²) < 4.78 is 5.04. The summed E-state index contributed by atoms with van der Waals surface area (Å²) in [6, 6.07) is 7.61. The van der Waals surface area contributed by atoms with Crippen molar-refractivity contribution in [2.45, 2.75) is 33.6 Å². The van der Waals surface area contributed by atoms with Crippen LogP contribution in [0.25, 0.3) is 0 Å². The molecule has 1 N–H and O–H groups in total. The molecule has 0 aliphatic heterocycles. The molecular formula is C17H20N2O3S. The quantitative estimate of drug-likeness (QED) is 0.848. The fraction of sp³-hybridized carbons (Fsp3) is 0.353. The summed E-state index contributed by atoms with van der Waals surface area (Å²) in [5.74, 6) is -0.445. The molecule has 2 aromatic rings. The highest BCUT2D eigenvalue weighted by atomic mass is 32.1. The van der Waals surface area contributed by atoms with Crippen LogP contribution in [0.3, 0.4) is 0 Å². The van der Waals surface area contributed by atoms with Crippen molar-refractivity contribution in [2.24, 2.45) is 0 Å². The Hall–Kier alpha value is -2.21. The molecule has 0 bridgehead atoms. The maximum atomic E-state index is 11.9. The minimum absolute atomic E-state index is 0.318. The first-order valence-electron chi connectivity index (χ1n) is 7.37. The SMILES string of the molecule is Cc1nc(C)c(C(=O)OCC(=O)Nc2ccc(C(C)C)cc2)s1. The number of benzene rings is 1. The van der Waals surface area contributed by atoms with Crippen molar-refractivity contribution >= 4 is 28.9 Å². The van der Waals surface area contributed by atoms with E-state index in [0.717, 1.165) is 5.01 Å². The number of anilines is 1. The van der Waals surface area contributed by atoms with Crippen molar-refractivity contribution in [2.75, 3.05) is 11.9 Å². The van der Waals surface area contributed by atoms with Gasteiger partial charge in [-0.15, -0.1) is 11.3 Å². The first kappa shape index (κ1) is 17.1. The van der Waals surface area contributed by atoms with Crippen molar-refractivity contribution in [3.63, 3.8) is 0 Å². The summed E-state index contributed by atoms with van der Waals surface area (Å²) in [6.07, 6.45) is 0. The van der Waals surface area contributed by atoms with Crippen molar-refractivity contribution in [3.8, 4) is 0 Å². The normalized spacial score (nSPS) is 10.7. The van der Waals surface area contributed by atoms with E-state index in [4.69, 9.17) is 4.74 Å². The van der Waals surface area contributed by atoms with E-state index in [1.165, 1.54) is 16.9 Å². The Kier molecular flexibility index (Phi) is 5.50. The van der Waals surface area contributed by atoms with Gasteiger partial charge in [-0.1, -0.05) is 26.0 Å². The molecule has 0 saturated carbocycles. The molecule has 0 atom stereocenters. The van der Waals surface area contributed by atoms with E-state index in [9.17, 15) is 9.59 Å². The van der Waals surface area contributed by atoms with Gasteiger partial charge < -0.3 is 10.1 Å². The van der Waals surface area contributed by atoms with E-state index < -0.39 is 5.97 Å². The number of thiazole rings is 1. The zero-order chi connectivity index (χ0) is 17.0. The van der Waals surface area contributed by atoms with Crippen molar-refractivity contribution < 1.29 is 14.3 Å². The van der Waals surface area contributed by atoms with Crippen LogP contribution in [-0.2, 0) is 9.53 Å². The lowest BCUT2D eigenvalue weighted by Gasteiger charge is -2.08. The lowest BCUT2D eigenvalue weighted by Crippen LogP contribution is -2.20. The monoisotopic (exact) mass is 332 g/mol. The van der Waals surface area contributed by atoms with E-state index >= 15 is 0 Å². The zero-order valence-electron chi connectivity index (χ0n) is 13.7. The molecule has 1 amide bonds. The Morgan fingerprint density at radius 3 is 2.39 bits per heavy atom. The molecule has 122 valence electrons. The van der Waals surface area contributed by atoms with Crippen LogP contribution in [0.5, 0.6) is 0 Å². The molecular weight excluding hydrogens is 312 g/mol. The van der Waals surface area contributed by atoms with Crippen LogP contribution >= 0.6 is 11.3 Å². The number of aryl methyl sites for hydroxylation is 2. The molecule has 0 spiro atoms. The summed E-state index contributed by atoms with van der Waals surface area (Å²) in [5.41, 5.74) is 2.51. The van der Waals surface area contributed by atoms with Gasteiger partial charge in [0.15, 0.2) is 6.61 Å². The van der Waals surface area contributed by atoms with Gasteiger partial charge >= 0.3 is 5.97 Å². The van der Waals surface area contributed by atoms with Crippen LogP contribution in [0.1, 0.15) is 45.7 Å². The second-order valence-electron chi connectivity index (χ2n) is 5.55. The van der Waals surface area contributed by atoms with Crippen molar-refractivity contribution in [3.05, 3.63) is 45.4 Å². The van der Waals surface area contributed by atoms with Gasteiger partial charge in [0.2, 0.25) is 0 Å². The van der Waals surface area contributed by atoms with Crippen molar-refractivity contribution in [1.82, 2.24) is 4.98 Å². The summed E-state index contributed by atoms with van der Waals surface area (Å²) in [4.78, 5) is 28.4. The number of ether oxygens (including phenoxy) is 1. The fourth-order valence-electron chi connectivity index (χ4n) is 2.07. The number of hydrogen-bond donors (Lipinski definition) is 1. The lowest BCUT2D eigenvalue weighted by molar-refractivity contribution is -0.119. The summed E-state index contributed by atoms with van der Waals surface area (Å²) >= 11 is 1.27. The lowest BCUT2D eigenvalue weighted by atomic mass is 10.0. The smallest absolute Gasteiger partial charge is 0.350 e. The average Bonchev–Trinajstić information content (AvgIpc) is 2.84. The van der Waals surface area contributed by atoms with Crippen LogP contribution in [-0.4, -0.2) is 23.5 Å². The largest absolute Gasteiger partial charge is 0.451 e. The Morgan fingerprint density at radius 2 is 1.87 bits per heavy atom. The topological polar surface area (TPSA) is 68.3 Å². The minimum atomic E-state index is -0.515. The van der Waals surface area contributed by atoms with Gasteiger partial charge in [0, 0.05) is 5.69 Å². The molecule has 1 aromatic carbocycles. The van der Waals surface area contributed by atoms with E-state index in [1.54, 1.807) is 6.92 Å². The van der Waals surface area contributed by atoms with Gasteiger partial charge in [-0.2, -0.15) is 0 Å². The summed E-state index contributed by atoms with van der Waals surface area (Å²) in [5, 5.41) is 3.50. The molecule has 0 saturated heterocycles. The predicted molar refractivity (Wildman–Crippen MR) is 91.0 cm³/mol. The third kappa shape index (κ3) is 4.63. The first-order chi connectivity index (χ1) is 10.9. The molecule has 23 heavy (non-hydrogen) atoms. The van der Waals surface area contributed by atoms with E-state index in [0.29, 0.717) is 22.2 Å². The average molecular weight is 332 g/mol. The molecule has 6 heteroatoms. The van der Waals surface area contributed by atoms with Gasteiger partial charge in [-0.3, -0.25) is 4.79 Å². The van der Waals surface area contributed by atoms with Gasteiger partial charge in [0.25, 0.3) is 5.91 Å². The van der Waals surface area contributed by atoms with Crippen LogP contribution in [0.15, 0.2) is 24.3 Å². The molecule has 1 heterocycles. The number of esters is 1. The standard InChI is InChI=1S/C17H20N2O3S/c1-10(2)13-5-7-14(8-6-13)19-15(20)9-22-17(21)16-11(3)18-12(4)23-16/h5-8,10H,9H2,1-4H3,(H,19,20). The number of hydrogen-bond acceptors (Lipinski definition) is 5. The zero-order valence-corrected chi connectivity index (χ0v) is 14.5. The predicted octanol–water partition coefficient (Wildman–Crippen LogP) is 3.68. The Morgan fingerprint density at radius 1 is 1.22 bits per heavy atom. The Bertz CT molecular complexity index is 705. The number of amides is 1. The number of nitrogens with one attached hydrogen (secondary N) is 1. The molecule has 5 nitrogen and oxygen atoms in total. The molecule has 0 unspecified atom stereocenters. The molecule has 1 aromatic heterocycles. The summed E-state index contributed by atoms with van der Waals surface area (Å²) in [7, 11) is 0. The van der Waals surface area contributed by atoms with E-state index in [2.05, 4.69) is 24.1 Å². The second-order valence-corrected chi connectivity index (χ2v) is 6.75. The third-order valence-corrected chi connectivity index (χ3v) is 4.34. The number of rotatable bonds is 5. The highest BCUT2D eigenvalue weighted by molar-refractivity contribution is 7.13. The molecule has 0 aliphatic rings. The van der Waals surface area contributed by atoms with Crippen LogP contribution in [0.2, 0.25) is 0 Å². The Balaban J connectivity index is 1.87. The highest BCUT2D eigenvalue weighted by Gasteiger charge is 2.16. The molecule has 0 fully saturated rings. The van der Waals surface area contributed by atoms with Gasteiger partial charge in [0.1, 0.15) is 4.88 Å². The third-order valence-electron chi connectivity index (χ3n) is 3.28. The van der Waals surface area contributed by atoms with E-state index in [1.807, 2.05) is 31.2 Å². The Labute approximate surface area is 139 Å². The van der Waals surface area contributed by atoms with Gasteiger partial charge in [0.05, 0.1) is 10.7 Å². The molecule has 0 aliphatic carbocycles. The second kappa shape index (κ2) is 7.37. The number of carbonyl (C=O) groups excluding carboxylic acids is 2. The summed E-state index contributed by atoms with van der Waals surface area (Å²) in [6.45, 7) is 7.46. The minimum Gasteiger partial charge on any atom is -0.451 e. The van der Waals surface area contributed by atoms with Crippen LogP contribution in [0.4, 0.5) is 5.69 Å². The van der Waals surface area contributed by atoms with Crippen LogP contribution in [0, 0.1) is 13.8 Å². The highest BCUT2D eigenvalue weighted by Crippen LogP contribution is 2.19. The van der Waals surface area contributed by atoms with Crippen molar-refractivity contribution in [1.29, 1.82) is 0 Å². The van der Waals surface area contributed by atoms with Gasteiger partial charge in [-0.05, 0) is 37.5 Å². The van der Waals surface area contributed by atoms with E-state index in [-0.39, 0.29) is 12.5 Å². The first-order valence-corrected chi connectivity index (χ1v) is 8.19. The number of carbonyl (C=O) groups is 2. The van der Waals surface area contributed by atoms with Gasteiger partial charge in [-0.25, -0.2) is 9.78 Å². The van der Waals surface area contributed by atoms with Crippen LogP contribution < -0.4 is 5.32 Å². The maximum Gasteiger partial charge on any atom is 0.350 e. The molecule has 0 radical (unpaired) electrons. The fourth-order valence-corrected chi connectivity index (χ4v) is 2.88. The molecule has 2 rings (SSSR count).